The van der Waals surface area contributed by atoms with Crippen LogP contribution in [-0.4, -0.2) is 31.8 Å². The quantitative estimate of drug-likeness (QED) is 0.884. The lowest BCUT2D eigenvalue weighted by atomic mass is 9.75. The number of benzene rings is 1. The van der Waals surface area contributed by atoms with E-state index in [2.05, 4.69) is 13.8 Å². The van der Waals surface area contributed by atoms with Gasteiger partial charge in [-0.1, -0.05) is 31.5 Å². The van der Waals surface area contributed by atoms with Crippen molar-refractivity contribution in [3.05, 3.63) is 29.8 Å². The minimum atomic E-state index is -3.95. The average Bonchev–Trinajstić information content (AvgIpc) is 2.99. The number of carbonyl (C=O) groups is 1. The lowest BCUT2D eigenvalue weighted by Crippen LogP contribution is -2.43. The van der Waals surface area contributed by atoms with Gasteiger partial charge in [-0.05, 0) is 44.7 Å². The second kappa shape index (κ2) is 5.99. The Morgan fingerprint density at radius 3 is 2.48 bits per heavy atom. The number of fused-ring (bicyclic) bond motifs is 2. The largest absolute Gasteiger partial charge is 0.442 e. The summed E-state index contributed by atoms with van der Waals surface area (Å²) < 4.78 is 38.2. The average molecular weight is 367 g/mol. The molecule has 1 aromatic rings. The predicted molar refractivity (Wildman–Crippen MR) is 92.7 cm³/mol. The first-order chi connectivity index (χ1) is 11.6. The van der Waals surface area contributed by atoms with E-state index < -0.39 is 27.8 Å². The molecule has 0 aliphatic carbocycles. The van der Waals surface area contributed by atoms with Crippen LogP contribution in [0.2, 0.25) is 0 Å². The van der Waals surface area contributed by atoms with Crippen LogP contribution in [0.25, 0.3) is 0 Å². The van der Waals surface area contributed by atoms with Crippen LogP contribution < -0.4 is 4.72 Å². The fourth-order valence-corrected chi connectivity index (χ4v) is 4.65. The number of hydrogen-bond acceptors (Lipinski definition) is 5. The van der Waals surface area contributed by atoms with Crippen molar-refractivity contribution in [2.24, 2.45) is 5.92 Å². The van der Waals surface area contributed by atoms with Crippen molar-refractivity contribution in [2.45, 2.75) is 69.2 Å². The molecular weight excluding hydrogens is 342 g/mol. The number of aryl methyl sites for hydroxylation is 1. The normalized spacial score (nSPS) is 31.3. The van der Waals surface area contributed by atoms with Gasteiger partial charge in [0, 0.05) is 6.42 Å². The number of sulfonamides is 1. The van der Waals surface area contributed by atoms with Gasteiger partial charge in [-0.15, -0.1) is 0 Å². The molecule has 6 nitrogen and oxygen atoms in total. The number of hydrogen-bond donors (Lipinski definition) is 1. The van der Waals surface area contributed by atoms with Gasteiger partial charge in [0.2, 0.25) is 0 Å². The molecule has 2 bridgehead atoms. The van der Waals surface area contributed by atoms with E-state index in [0.717, 1.165) is 18.4 Å². The summed E-state index contributed by atoms with van der Waals surface area (Å²) in [7, 11) is -3.95. The zero-order valence-corrected chi connectivity index (χ0v) is 15.9. The van der Waals surface area contributed by atoms with E-state index >= 15 is 0 Å². The highest BCUT2D eigenvalue weighted by molar-refractivity contribution is 7.90. The highest BCUT2D eigenvalue weighted by Crippen LogP contribution is 2.54. The zero-order valence-electron chi connectivity index (χ0n) is 15.0. The first kappa shape index (κ1) is 18.2. The molecule has 2 aliphatic heterocycles. The molecule has 138 valence electrons. The van der Waals surface area contributed by atoms with Crippen molar-refractivity contribution in [1.82, 2.24) is 4.72 Å². The lowest BCUT2D eigenvalue weighted by molar-refractivity contribution is -0.0813. The third-order valence-corrected chi connectivity index (χ3v) is 6.87. The van der Waals surface area contributed by atoms with Crippen molar-refractivity contribution >= 4 is 16.1 Å². The van der Waals surface area contributed by atoms with Crippen LogP contribution in [0.15, 0.2) is 29.2 Å². The maximum Gasteiger partial charge on any atom is 0.421 e. The summed E-state index contributed by atoms with van der Waals surface area (Å²) in [4.78, 5) is 12.2. The first-order valence-corrected chi connectivity index (χ1v) is 10.0. The van der Waals surface area contributed by atoms with Crippen molar-refractivity contribution in [3.8, 4) is 0 Å². The zero-order chi connectivity index (χ0) is 18.5. The molecule has 2 saturated heterocycles. The van der Waals surface area contributed by atoms with Crippen molar-refractivity contribution in [1.29, 1.82) is 0 Å². The third-order valence-electron chi connectivity index (χ3n) is 5.54. The minimum absolute atomic E-state index is 0.0316. The molecule has 0 saturated carbocycles. The number of ether oxygens (including phenoxy) is 2. The van der Waals surface area contributed by atoms with Gasteiger partial charge < -0.3 is 9.47 Å². The molecule has 0 unspecified atom stereocenters. The second-order valence-electron chi connectivity index (χ2n) is 7.65. The standard InChI is InChI=1S/C18H25NO5S/c1-12(2)18-10-9-17(4,24-18)15(11-18)23-16(20)19-25(21,22)14-7-5-13(3)6-8-14/h5-8,12,15H,9-11H2,1-4H3,(H,19,20)/t15-,17+,18-/m1/s1. The molecule has 25 heavy (non-hydrogen) atoms. The molecule has 2 aliphatic rings. The van der Waals surface area contributed by atoms with E-state index in [4.69, 9.17) is 9.47 Å². The van der Waals surface area contributed by atoms with Crippen LogP contribution in [-0.2, 0) is 19.5 Å². The third kappa shape index (κ3) is 3.27. The topological polar surface area (TPSA) is 81.7 Å². The molecular formula is C18H25NO5S. The fraction of sp³-hybridized carbons (Fsp3) is 0.611. The Morgan fingerprint density at radius 1 is 1.28 bits per heavy atom. The fourth-order valence-electron chi connectivity index (χ4n) is 3.77. The van der Waals surface area contributed by atoms with Gasteiger partial charge in [0.1, 0.15) is 11.7 Å². The number of carbonyl (C=O) groups excluding carboxylic acids is 1. The Morgan fingerprint density at radius 2 is 1.92 bits per heavy atom. The van der Waals surface area contributed by atoms with Crippen LogP contribution in [0.1, 0.15) is 45.6 Å². The maximum atomic E-state index is 12.3. The van der Waals surface area contributed by atoms with Gasteiger partial charge >= 0.3 is 6.09 Å². The Bertz CT molecular complexity index is 773. The molecule has 3 rings (SSSR count). The smallest absolute Gasteiger partial charge is 0.421 e. The summed E-state index contributed by atoms with van der Waals surface area (Å²) >= 11 is 0. The maximum absolute atomic E-state index is 12.3. The van der Waals surface area contributed by atoms with E-state index in [9.17, 15) is 13.2 Å². The molecule has 1 aromatic carbocycles. The van der Waals surface area contributed by atoms with E-state index in [0.29, 0.717) is 12.3 Å². The Hall–Kier alpha value is -1.60. The Balaban J connectivity index is 1.68. The van der Waals surface area contributed by atoms with Crippen LogP contribution in [0.4, 0.5) is 4.79 Å². The SMILES string of the molecule is Cc1ccc(S(=O)(=O)NC(=O)O[C@@H]2C[C@@]3(C(C)C)CC[C@]2(C)O3)cc1. The highest BCUT2D eigenvalue weighted by atomic mass is 32.2. The van der Waals surface area contributed by atoms with Crippen LogP contribution in [0, 0.1) is 12.8 Å². The van der Waals surface area contributed by atoms with E-state index in [1.165, 1.54) is 12.1 Å². The van der Waals surface area contributed by atoms with Gasteiger partial charge in [-0.2, -0.15) is 0 Å². The first-order valence-electron chi connectivity index (χ1n) is 8.57. The molecule has 0 spiro atoms. The molecule has 2 fully saturated rings. The van der Waals surface area contributed by atoms with Crippen molar-refractivity contribution in [2.75, 3.05) is 0 Å². The molecule has 2 heterocycles. The van der Waals surface area contributed by atoms with Crippen LogP contribution in [0.3, 0.4) is 0 Å². The van der Waals surface area contributed by atoms with E-state index in [1.54, 1.807) is 12.1 Å². The number of amides is 1. The highest BCUT2D eigenvalue weighted by Gasteiger charge is 2.61. The molecule has 0 aromatic heterocycles. The van der Waals surface area contributed by atoms with Gasteiger partial charge in [0.05, 0.1) is 10.5 Å². The predicted octanol–water partition coefficient (Wildman–Crippen LogP) is 3.15. The number of nitrogens with one attached hydrogen (secondary N) is 1. The molecule has 1 amide bonds. The Kier molecular flexibility index (Phi) is 4.36. The Labute approximate surface area is 148 Å². The van der Waals surface area contributed by atoms with Gasteiger partial charge in [-0.3, -0.25) is 0 Å². The van der Waals surface area contributed by atoms with Crippen LogP contribution in [0.5, 0.6) is 0 Å². The summed E-state index contributed by atoms with van der Waals surface area (Å²) in [6.45, 7) is 7.97. The summed E-state index contributed by atoms with van der Waals surface area (Å²) in [6, 6.07) is 6.27. The molecule has 3 atom stereocenters. The van der Waals surface area contributed by atoms with Crippen molar-refractivity contribution in [3.63, 3.8) is 0 Å². The van der Waals surface area contributed by atoms with E-state index in [-0.39, 0.29) is 10.5 Å². The summed E-state index contributed by atoms with van der Waals surface area (Å²) in [5.41, 5.74) is 0.109. The molecule has 1 N–H and O–H groups in total. The molecule has 0 radical (unpaired) electrons. The van der Waals surface area contributed by atoms with Crippen LogP contribution >= 0.6 is 0 Å². The second-order valence-corrected chi connectivity index (χ2v) is 9.33. The van der Waals surface area contributed by atoms with Crippen molar-refractivity contribution < 1.29 is 22.7 Å². The number of rotatable bonds is 4. The van der Waals surface area contributed by atoms with E-state index in [1.807, 2.05) is 18.6 Å². The van der Waals surface area contributed by atoms with Gasteiger partial charge in [-0.25, -0.2) is 17.9 Å². The summed E-state index contributed by atoms with van der Waals surface area (Å²) in [6.07, 6.45) is 0.927. The van der Waals surface area contributed by atoms with Gasteiger partial charge in [0.25, 0.3) is 10.0 Å². The minimum Gasteiger partial charge on any atom is -0.442 e. The van der Waals surface area contributed by atoms with Gasteiger partial charge in [0.15, 0.2) is 0 Å². The summed E-state index contributed by atoms with van der Waals surface area (Å²) in [5.74, 6) is 0.308. The summed E-state index contributed by atoms with van der Waals surface area (Å²) in [5, 5.41) is 0. The monoisotopic (exact) mass is 367 g/mol. The lowest BCUT2D eigenvalue weighted by Gasteiger charge is -2.31. The molecule has 7 heteroatoms.